The summed E-state index contributed by atoms with van der Waals surface area (Å²) in [6.45, 7) is 12.8. The number of methoxy groups -OCH3 is 1. The first-order valence-corrected chi connectivity index (χ1v) is 23.9. The molecule has 2 amide bonds. The van der Waals surface area contributed by atoms with E-state index < -0.39 is 0 Å². The Bertz CT molecular complexity index is 2370. The van der Waals surface area contributed by atoms with Crippen molar-refractivity contribution in [1.29, 1.82) is 0 Å². The summed E-state index contributed by atoms with van der Waals surface area (Å²) in [6.07, 6.45) is 19.5. The van der Waals surface area contributed by atoms with Gasteiger partial charge in [0.05, 0.1) is 18.5 Å². The summed E-state index contributed by atoms with van der Waals surface area (Å²) in [4.78, 5) is 53.4. The van der Waals surface area contributed by atoms with E-state index in [9.17, 15) is 14.4 Å². The number of anilines is 4. The van der Waals surface area contributed by atoms with Crippen LogP contribution in [0.2, 0.25) is 0 Å². The number of pyridine rings is 1. The fourth-order valence-corrected chi connectivity index (χ4v) is 12.9. The molecule has 2 atom stereocenters. The van der Waals surface area contributed by atoms with E-state index in [4.69, 9.17) is 9.72 Å². The summed E-state index contributed by atoms with van der Waals surface area (Å²) < 4.78 is 7.43. The lowest BCUT2D eigenvalue weighted by Crippen LogP contribution is -2.56. The number of unbranched alkanes of at least 4 members (excludes halogenated alkanes) is 5. The predicted molar refractivity (Wildman–Crippen MR) is 251 cm³/mol. The number of aromatic nitrogens is 3. The van der Waals surface area contributed by atoms with E-state index in [0.29, 0.717) is 45.5 Å². The molecule has 336 valence electrons. The van der Waals surface area contributed by atoms with Crippen LogP contribution in [0.25, 0.3) is 16.7 Å². The maximum Gasteiger partial charge on any atom is 0.257 e. The lowest BCUT2D eigenvalue weighted by Gasteiger charge is -2.65. The largest absolute Gasteiger partial charge is 0.494 e. The van der Waals surface area contributed by atoms with Crippen molar-refractivity contribution in [2.75, 3.05) is 61.9 Å². The molecule has 2 aromatic heterocycles. The number of hydrogen-bond acceptors (Lipinski definition) is 9. The Morgan fingerprint density at radius 3 is 2.33 bits per heavy atom. The molecular weight excluding hydrogens is 789 g/mol. The third kappa shape index (κ3) is 9.91. The van der Waals surface area contributed by atoms with Gasteiger partial charge in [0.1, 0.15) is 5.75 Å². The zero-order valence-corrected chi connectivity index (χ0v) is 38.1. The first kappa shape index (κ1) is 43.3. The van der Waals surface area contributed by atoms with E-state index in [1.165, 1.54) is 70.6 Å². The number of amides is 2. The number of carbonyl (C=O) groups excluding carboxylic acids is 2. The molecule has 2 unspecified atom stereocenters. The molecule has 4 bridgehead atoms. The number of fused-ring (bicyclic) bond motifs is 1. The van der Waals surface area contributed by atoms with Crippen LogP contribution in [0.4, 0.5) is 23.0 Å². The van der Waals surface area contributed by atoms with Gasteiger partial charge in [-0.25, -0.2) is 4.98 Å². The van der Waals surface area contributed by atoms with Crippen molar-refractivity contribution in [3.05, 3.63) is 70.6 Å². The highest BCUT2D eigenvalue weighted by Crippen LogP contribution is 2.70. The molecule has 3 N–H and O–H groups in total. The fourth-order valence-electron chi connectivity index (χ4n) is 12.9. The first-order valence-electron chi connectivity index (χ1n) is 23.9. The number of benzene rings is 2. The Hall–Kier alpha value is -4.97. The highest BCUT2D eigenvalue weighted by molar-refractivity contribution is 5.94. The Balaban J connectivity index is 0.707. The number of aryl methyl sites for hydroxylation is 1. The molecule has 6 fully saturated rings. The average molecular weight is 857 g/mol. The van der Waals surface area contributed by atoms with E-state index in [0.717, 1.165) is 93.2 Å². The van der Waals surface area contributed by atoms with Crippen LogP contribution in [0.5, 0.6) is 5.75 Å². The Morgan fingerprint density at radius 1 is 0.857 bits per heavy atom. The van der Waals surface area contributed by atoms with E-state index >= 15 is 0 Å². The van der Waals surface area contributed by atoms with Gasteiger partial charge in [-0.3, -0.25) is 23.9 Å². The molecule has 1 aliphatic heterocycles. The second-order valence-electron chi connectivity index (χ2n) is 20.9. The second-order valence-corrected chi connectivity index (χ2v) is 20.9. The van der Waals surface area contributed by atoms with Crippen LogP contribution in [-0.4, -0.2) is 77.6 Å². The Kier molecular flexibility index (Phi) is 12.3. The van der Waals surface area contributed by atoms with Gasteiger partial charge in [-0.1, -0.05) is 45.6 Å². The number of nitrogens with zero attached hydrogens (tertiary/aromatic N) is 5. The molecule has 2 aromatic carbocycles. The van der Waals surface area contributed by atoms with Crippen molar-refractivity contribution >= 4 is 45.9 Å². The third-order valence-corrected chi connectivity index (χ3v) is 15.0. The summed E-state index contributed by atoms with van der Waals surface area (Å²) in [6, 6.07) is 15.1. The quantitative estimate of drug-likeness (QED) is 0.0839. The van der Waals surface area contributed by atoms with Gasteiger partial charge in [-0.2, -0.15) is 4.98 Å². The van der Waals surface area contributed by atoms with Gasteiger partial charge in [0.25, 0.3) is 5.56 Å². The highest BCUT2D eigenvalue weighted by atomic mass is 16.5. The summed E-state index contributed by atoms with van der Waals surface area (Å²) >= 11 is 0. The maximum absolute atomic E-state index is 13.5. The summed E-state index contributed by atoms with van der Waals surface area (Å²) in [5.74, 6) is 2.25. The van der Waals surface area contributed by atoms with Crippen molar-refractivity contribution in [1.82, 2.24) is 24.8 Å². The molecular formula is C51H68N8O4. The molecule has 5 saturated carbocycles. The van der Waals surface area contributed by atoms with Crippen LogP contribution in [-0.2, 0) is 9.59 Å². The van der Waals surface area contributed by atoms with Gasteiger partial charge in [0.2, 0.25) is 17.8 Å². The van der Waals surface area contributed by atoms with Crippen molar-refractivity contribution in [2.24, 2.45) is 28.1 Å². The van der Waals surface area contributed by atoms with Gasteiger partial charge in [0.15, 0.2) is 5.65 Å². The van der Waals surface area contributed by atoms with Gasteiger partial charge in [0, 0.05) is 80.2 Å². The molecule has 6 aliphatic rings. The van der Waals surface area contributed by atoms with E-state index in [-0.39, 0.29) is 22.8 Å². The van der Waals surface area contributed by atoms with Crippen molar-refractivity contribution in [3.8, 4) is 11.4 Å². The average Bonchev–Trinajstić information content (AvgIpc) is 4.09. The number of rotatable bonds is 18. The number of carbonyl (C=O) groups is 2. The van der Waals surface area contributed by atoms with Gasteiger partial charge in [-0.05, 0) is 136 Å². The fraction of sp³-hybridized carbons (Fsp3) is 0.588. The van der Waals surface area contributed by atoms with Gasteiger partial charge in [-0.15, -0.1) is 0 Å². The highest BCUT2D eigenvalue weighted by Gasteiger charge is 2.60. The predicted octanol–water partition coefficient (Wildman–Crippen LogP) is 9.16. The molecule has 5 aliphatic carbocycles. The van der Waals surface area contributed by atoms with Crippen molar-refractivity contribution in [2.45, 2.75) is 117 Å². The topological polar surface area (TPSA) is 134 Å². The molecule has 12 heteroatoms. The van der Waals surface area contributed by atoms with Crippen LogP contribution in [0.1, 0.15) is 116 Å². The van der Waals surface area contributed by atoms with E-state index in [2.05, 4.69) is 56.7 Å². The number of piperazine rings is 1. The smallest absolute Gasteiger partial charge is 0.257 e. The zero-order chi connectivity index (χ0) is 43.8. The van der Waals surface area contributed by atoms with Crippen LogP contribution in [0.3, 0.4) is 0 Å². The molecule has 0 spiro atoms. The summed E-state index contributed by atoms with van der Waals surface area (Å²) in [7, 11) is 1.67. The number of hydrogen-bond donors (Lipinski definition) is 3. The van der Waals surface area contributed by atoms with Crippen LogP contribution >= 0.6 is 0 Å². The summed E-state index contributed by atoms with van der Waals surface area (Å²) in [5.41, 5.74) is 5.34. The molecule has 4 aromatic rings. The minimum Gasteiger partial charge on any atom is -0.494 e. The Morgan fingerprint density at radius 2 is 1.60 bits per heavy atom. The number of nitrogens with one attached hydrogen (secondary N) is 3. The van der Waals surface area contributed by atoms with Crippen LogP contribution in [0, 0.1) is 35.0 Å². The number of ether oxygens (including phenoxy) is 1. The second kappa shape index (κ2) is 17.9. The van der Waals surface area contributed by atoms with Gasteiger partial charge < -0.3 is 25.6 Å². The normalized spacial score (nSPS) is 25.3. The molecule has 1 saturated heterocycles. The monoisotopic (exact) mass is 857 g/mol. The minimum atomic E-state index is -0.215. The molecule has 10 rings (SSSR count). The molecule has 63 heavy (non-hydrogen) atoms. The maximum atomic E-state index is 13.5. The summed E-state index contributed by atoms with van der Waals surface area (Å²) in [5, 5.41) is 10.4. The lowest BCUT2D eigenvalue weighted by molar-refractivity contribution is -0.156. The first-order chi connectivity index (χ1) is 30.4. The standard InChI is InChI=1S/C51H68N8O4/c1-35-24-45(61)59(40-13-11-12-38(25-40)54-47(62)37-14-15-37)46-41(35)31-53-48(56-46)55-42-17-16-39(26-43(42)63-4)58-22-20-57(21-23-58)19-10-8-6-5-7-9-18-52-44(60)30-51-29-36-27-49(2,33-51)32-50(3,28-36)34-51/h11-13,16-17,24-26,31,36-37H,5-10,14-15,18-23,27-30,32-34H2,1-4H3,(H,52,60)(H,54,62)(H,53,55,56). The molecule has 12 nitrogen and oxygen atoms in total. The molecule has 0 radical (unpaired) electrons. The minimum absolute atomic E-state index is 0.0119. The van der Waals surface area contributed by atoms with Crippen molar-refractivity contribution < 1.29 is 14.3 Å². The van der Waals surface area contributed by atoms with E-state index in [1.54, 1.807) is 23.9 Å². The van der Waals surface area contributed by atoms with E-state index in [1.807, 2.05) is 37.3 Å². The third-order valence-electron chi connectivity index (χ3n) is 15.0. The Labute approximate surface area is 373 Å². The zero-order valence-electron chi connectivity index (χ0n) is 38.1. The lowest BCUT2D eigenvalue weighted by atomic mass is 9.40. The van der Waals surface area contributed by atoms with Crippen LogP contribution < -0.4 is 31.1 Å². The SMILES string of the molecule is COc1cc(N2CCN(CCCCCCCCNC(=O)CC34CC5CC(C)(CC(C)(C5)C3)C4)CC2)ccc1Nc1ncc2c(C)cc(=O)n(-c3cccc(NC(=O)C4CC4)c3)c2n1. The van der Waals surface area contributed by atoms with Crippen LogP contribution in [0.15, 0.2) is 59.5 Å². The van der Waals surface area contributed by atoms with Gasteiger partial charge >= 0.3 is 0 Å². The molecule has 3 heterocycles. The van der Waals surface area contributed by atoms with Crippen molar-refractivity contribution in [3.63, 3.8) is 0 Å².